The number of hydrogen-bond acceptors (Lipinski definition) is 3. The van der Waals surface area contributed by atoms with Gasteiger partial charge in [0.15, 0.2) is 5.78 Å². The fraction of sp³-hybridized carbons (Fsp3) is 0.286. The SMILES string of the molecule is CCN1C(=CC(=O)c2ccccc2)Sc2c1ccc1c2CCCC1. The molecule has 122 valence electrons. The van der Waals surface area contributed by atoms with Gasteiger partial charge in [-0.2, -0.15) is 0 Å². The van der Waals surface area contributed by atoms with E-state index >= 15 is 0 Å². The van der Waals surface area contributed by atoms with Crippen LogP contribution in [0.1, 0.15) is 41.3 Å². The summed E-state index contributed by atoms with van der Waals surface area (Å²) in [6, 6.07) is 14.1. The third kappa shape index (κ3) is 2.67. The first-order valence-corrected chi connectivity index (χ1v) is 9.51. The average Bonchev–Trinajstić information content (AvgIpc) is 3.00. The molecule has 0 unspecified atom stereocenters. The number of fused-ring (bicyclic) bond motifs is 3. The van der Waals surface area contributed by atoms with Gasteiger partial charge in [-0.25, -0.2) is 0 Å². The van der Waals surface area contributed by atoms with Crippen molar-refractivity contribution in [3.05, 3.63) is 70.3 Å². The Labute approximate surface area is 147 Å². The summed E-state index contributed by atoms with van der Waals surface area (Å²) >= 11 is 1.77. The summed E-state index contributed by atoms with van der Waals surface area (Å²) in [5.41, 5.74) is 5.03. The largest absolute Gasteiger partial charge is 0.335 e. The quantitative estimate of drug-likeness (QED) is 0.566. The fourth-order valence-corrected chi connectivity index (χ4v) is 4.97. The molecule has 2 aromatic carbocycles. The first-order chi connectivity index (χ1) is 11.8. The van der Waals surface area contributed by atoms with Gasteiger partial charge in [0, 0.05) is 23.1 Å². The fourth-order valence-electron chi connectivity index (χ4n) is 3.62. The van der Waals surface area contributed by atoms with Crippen LogP contribution in [0.4, 0.5) is 5.69 Å². The Morgan fingerprint density at radius 3 is 2.71 bits per heavy atom. The van der Waals surface area contributed by atoms with Gasteiger partial charge in [-0.1, -0.05) is 48.2 Å². The van der Waals surface area contributed by atoms with E-state index in [1.165, 1.54) is 47.4 Å². The van der Waals surface area contributed by atoms with Crippen molar-refractivity contribution in [1.29, 1.82) is 0 Å². The molecule has 1 heterocycles. The summed E-state index contributed by atoms with van der Waals surface area (Å²) in [5.74, 6) is 0.0817. The lowest BCUT2D eigenvalue weighted by atomic mass is 9.91. The molecule has 0 fully saturated rings. The number of carbonyl (C=O) groups is 1. The van der Waals surface area contributed by atoms with Gasteiger partial charge < -0.3 is 4.90 Å². The Hall–Kier alpha value is -2.00. The molecule has 0 aromatic heterocycles. The Balaban J connectivity index is 1.71. The van der Waals surface area contributed by atoms with Crippen molar-refractivity contribution in [2.24, 2.45) is 0 Å². The Morgan fingerprint density at radius 1 is 1.12 bits per heavy atom. The molecule has 0 radical (unpaired) electrons. The molecule has 0 spiro atoms. The zero-order chi connectivity index (χ0) is 16.5. The van der Waals surface area contributed by atoms with E-state index in [0.29, 0.717) is 0 Å². The number of carbonyl (C=O) groups excluding carboxylic acids is 1. The molecule has 0 atom stereocenters. The van der Waals surface area contributed by atoms with Crippen molar-refractivity contribution in [2.75, 3.05) is 11.4 Å². The molecule has 2 aliphatic rings. The van der Waals surface area contributed by atoms with E-state index in [1.807, 2.05) is 30.3 Å². The van der Waals surface area contributed by atoms with Crippen LogP contribution in [0, 0.1) is 0 Å². The second kappa shape index (κ2) is 6.48. The molecule has 3 heteroatoms. The van der Waals surface area contributed by atoms with Crippen molar-refractivity contribution in [3.63, 3.8) is 0 Å². The van der Waals surface area contributed by atoms with Gasteiger partial charge in [-0.15, -0.1) is 0 Å². The molecule has 1 aliphatic carbocycles. The summed E-state index contributed by atoms with van der Waals surface area (Å²) in [6.07, 6.45) is 6.74. The number of anilines is 1. The standard InChI is InChI=1S/C21H21NOS/c1-2-22-18-13-12-15-8-6-7-11-17(15)21(18)24-20(22)14-19(23)16-9-4-3-5-10-16/h3-5,9-10,12-14H,2,6-8,11H2,1H3. The van der Waals surface area contributed by atoms with Crippen LogP contribution in [-0.4, -0.2) is 12.3 Å². The zero-order valence-electron chi connectivity index (χ0n) is 13.9. The zero-order valence-corrected chi connectivity index (χ0v) is 14.7. The molecule has 0 saturated heterocycles. The van der Waals surface area contributed by atoms with Crippen LogP contribution in [-0.2, 0) is 12.8 Å². The van der Waals surface area contributed by atoms with Crippen LogP contribution >= 0.6 is 11.8 Å². The minimum Gasteiger partial charge on any atom is -0.335 e. The Kier molecular flexibility index (Phi) is 4.19. The lowest BCUT2D eigenvalue weighted by Gasteiger charge is -2.21. The van der Waals surface area contributed by atoms with Gasteiger partial charge in [0.2, 0.25) is 0 Å². The maximum atomic E-state index is 12.6. The van der Waals surface area contributed by atoms with E-state index in [-0.39, 0.29) is 5.78 Å². The summed E-state index contributed by atoms with van der Waals surface area (Å²) in [7, 11) is 0. The molecule has 1 aliphatic heterocycles. The van der Waals surface area contributed by atoms with E-state index in [4.69, 9.17) is 0 Å². The summed E-state index contributed by atoms with van der Waals surface area (Å²) in [5, 5.41) is 1.06. The molecule has 2 nitrogen and oxygen atoms in total. The van der Waals surface area contributed by atoms with Gasteiger partial charge >= 0.3 is 0 Å². The molecule has 24 heavy (non-hydrogen) atoms. The van der Waals surface area contributed by atoms with Crippen molar-refractivity contribution in [1.82, 2.24) is 0 Å². The van der Waals surface area contributed by atoms with E-state index in [9.17, 15) is 4.79 Å². The monoisotopic (exact) mass is 335 g/mol. The number of rotatable bonds is 3. The normalized spacial score (nSPS) is 17.7. The van der Waals surface area contributed by atoms with Gasteiger partial charge in [0.05, 0.1) is 10.7 Å². The highest BCUT2D eigenvalue weighted by molar-refractivity contribution is 8.03. The van der Waals surface area contributed by atoms with E-state index in [2.05, 4.69) is 24.0 Å². The highest BCUT2D eigenvalue weighted by Gasteiger charge is 2.29. The lowest BCUT2D eigenvalue weighted by molar-refractivity contribution is 0.104. The van der Waals surface area contributed by atoms with Crippen LogP contribution in [0.2, 0.25) is 0 Å². The number of allylic oxidation sites excluding steroid dienone is 1. The third-order valence-electron chi connectivity index (χ3n) is 4.85. The van der Waals surface area contributed by atoms with E-state index in [0.717, 1.165) is 17.1 Å². The number of thioether (sulfide) groups is 1. The summed E-state index contributed by atoms with van der Waals surface area (Å²) in [4.78, 5) is 16.2. The van der Waals surface area contributed by atoms with Crippen LogP contribution in [0.3, 0.4) is 0 Å². The van der Waals surface area contributed by atoms with Crippen molar-refractivity contribution >= 4 is 23.2 Å². The molecule has 0 saturated carbocycles. The Bertz CT molecular complexity index is 810. The maximum Gasteiger partial charge on any atom is 0.188 e. The van der Waals surface area contributed by atoms with Gasteiger partial charge in [-0.3, -0.25) is 4.79 Å². The summed E-state index contributed by atoms with van der Waals surface area (Å²) in [6.45, 7) is 3.03. The van der Waals surface area contributed by atoms with Crippen molar-refractivity contribution in [2.45, 2.75) is 37.5 Å². The predicted molar refractivity (Wildman–Crippen MR) is 101 cm³/mol. The van der Waals surface area contributed by atoms with Crippen molar-refractivity contribution < 1.29 is 4.79 Å². The topological polar surface area (TPSA) is 20.3 Å². The van der Waals surface area contributed by atoms with Crippen LogP contribution in [0.25, 0.3) is 0 Å². The predicted octanol–water partition coefficient (Wildman–Crippen LogP) is 5.22. The van der Waals surface area contributed by atoms with Crippen LogP contribution in [0.15, 0.2) is 58.5 Å². The van der Waals surface area contributed by atoms with Crippen molar-refractivity contribution in [3.8, 4) is 0 Å². The molecule has 4 rings (SSSR count). The molecule has 0 N–H and O–H groups in total. The van der Waals surface area contributed by atoms with E-state index < -0.39 is 0 Å². The number of nitrogens with zero attached hydrogens (tertiary/aromatic N) is 1. The van der Waals surface area contributed by atoms with E-state index in [1.54, 1.807) is 17.8 Å². The second-order valence-electron chi connectivity index (χ2n) is 6.32. The third-order valence-corrected chi connectivity index (χ3v) is 6.06. The molecule has 0 amide bonds. The average molecular weight is 335 g/mol. The first-order valence-electron chi connectivity index (χ1n) is 8.69. The minimum atomic E-state index is 0.0817. The Morgan fingerprint density at radius 2 is 1.92 bits per heavy atom. The van der Waals surface area contributed by atoms with Crippen LogP contribution in [0.5, 0.6) is 0 Å². The molecule has 2 aromatic rings. The highest BCUT2D eigenvalue weighted by Crippen LogP contribution is 2.49. The van der Waals surface area contributed by atoms with Gasteiger partial charge in [-0.05, 0) is 49.8 Å². The smallest absolute Gasteiger partial charge is 0.188 e. The second-order valence-corrected chi connectivity index (χ2v) is 7.35. The number of aryl methyl sites for hydroxylation is 1. The van der Waals surface area contributed by atoms with Gasteiger partial charge in [0.25, 0.3) is 0 Å². The molecule has 0 bridgehead atoms. The minimum absolute atomic E-state index is 0.0817. The first kappa shape index (κ1) is 15.5. The molecular formula is C21H21NOS. The van der Waals surface area contributed by atoms with Crippen LogP contribution < -0.4 is 4.90 Å². The highest BCUT2D eigenvalue weighted by atomic mass is 32.2. The maximum absolute atomic E-state index is 12.6. The number of benzene rings is 2. The lowest BCUT2D eigenvalue weighted by Crippen LogP contribution is -2.17. The van der Waals surface area contributed by atoms with Gasteiger partial charge in [0.1, 0.15) is 0 Å². The number of hydrogen-bond donors (Lipinski definition) is 0. The number of ketones is 1. The molecular weight excluding hydrogens is 314 g/mol. The summed E-state index contributed by atoms with van der Waals surface area (Å²) < 4.78 is 0.